The predicted octanol–water partition coefficient (Wildman–Crippen LogP) is 5.97. The number of benzene rings is 3. The average molecular weight is 423 g/mol. The summed E-state index contributed by atoms with van der Waals surface area (Å²) in [7, 11) is 0. The van der Waals surface area contributed by atoms with Gasteiger partial charge < -0.3 is 0 Å². The number of hydrogen-bond donors (Lipinski definition) is 0. The summed E-state index contributed by atoms with van der Waals surface area (Å²) in [5.41, 5.74) is 5.22. The molecule has 0 aliphatic heterocycles. The number of ketones is 3. The molecule has 0 fully saturated rings. The molecule has 1 aliphatic carbocycles. The van der Waals surface area contributed by atoms with E-state index in [1.165, 1.54) is 0 Å². The maximum absolute atomic E-state index is 13.0. The van der Waals surface area contributed by atoms with Crippen LogP contribution in [0.15, 0.2) is 73.3 Å². The van der Waals surface area contributed by atoms with Crippen molar-refractivity contribution in [1.29, 1.82) is 0 Å². The zero-order chi connectivity index (χ0) is 23.0. The Kier molecular flexibility index (Phi) is 5.52. The van der Waals surface area contributed by atoms with Crippen LogP contribution in [-0.2, 0) is 16.6 Å². The molecule has 3 aromatic carbocycles. The molecule has 0 bridgehead atoms. The van der Waals surface area contributed by atoms with Crippen LogP contribution in [0.5, 0.6) is 0 Å². The third-order valence-electron chi connectivity index (χ3n) is 6.17. The van der Waals surface area contributed by atoms with E-state index < -0.39 is 0 Å². The lowest BCUT2D eigenvalue weighted by Crippen LogP contribution is -2.24. The number of hydrogen-bond acceptors (Lipinski definition) is 3. The van der Waals surface area contributed by atoms with Gasteiger partial charge in [-0.1, -0.05) is 86.7 Å². The summed E-state index contributed by atoms with van der Waals surface area (Å²) in [6.45, 7) is 10.1. The minimum Gasteiger partial charge on any atom is -0.299 e. The summed E-state index contributed by atoms with van der Waals surface area (Å²) in [5, 5.41) is 0. The molecule has 0 saturated heterocycles. The Hall–Kier alpha value is -3.59. The predicted molar refractivity (Wildman–Crippen MR) is 127 cm³/mol. The number of fused-ring (bicyclic) bond motifs is 2. The maximum atomic E-state index is 13.0. The van der Waals surface area contributed by atoms with Gasteiger partial charge in [0.15, 0.2) is 11.6 Å². The van der Waals surface area contributed by atoms with Crippen LogP contribution in [-0.4, -0.2) is 17.3 Å². The third kappa shape index (κ3) is 3.99. The van der Waals surface area contributed by atoms with Crippen LogP contribution >= 0.6 is 0 Å². The van der Waals surface area contributed by atoms with E-state index in [4.69, 9.17) is 0 Å². The zero-order valence-corrected chi connectivity index (χ0v) is 18.7. The fraction of sp³-hybridized carbons (Fsp3) is 0.207. The molecule has 0 N–H and O–H groups in total. The smallest absolute Gasteiger partial charge is 0.194 e. The second kappa shape index (κ2) is 8.16. The summed E-state index contributed by atoms with van der Waals surface area (Å²) in [6.07, 6.45) is 0.597. The van der Waals surface area contributed by atoms with Gasteiger partial charge in [0.25, 0.3) is 0 Å². The van der Waals surface area contributed by atoms with Crippen molar-refractivity contribution in [2.75, 3.05) is 0 Å². The summed E-state index contributed by atoms with van der Waals surface area (Å²) in [4.78, 5) is 38.7. The van der Waals surface area contributed by atoms with Crippen LogP contribution in [0, 0.1) is 0 Å². The van der Waals surface area contributed by atoms with Crippen LogP contribution in [0.3, 0.4) is 0 Å². The Bertz CT molecular complexity index is 1280. The maximum Gasteiger partial charge on any atom is 0.194 e. The van der Waals surface area contributed by atoms with E-state index in [9.17, 15) is 14.4 Å². The van der Waals surface area contributed by atoms with E-state index in [0.717, 1.165) is 22.3 Å². The van der Waals surface area contributed by atoms with Gasteiger partial charge in [0, 0.05) is 35.1 Å². The Balaban J connectivity index is 1.55. The van der Waals surface area contributed by atoms with Crippen molar-refractivity contribution in [1.82, 2.24) is 0 Å². The van der Waals surface area contributed by atoms with Crippen LogP contribution in [0.1, 0.15) is 75.7 Å². The van der Waals surface area contributed by atoms with Crippen molar-refractivity contribution in [3.63, 3.8) is 0 Å². The molecule has 3 aromatic rings. The largest absolute Gasteiger partial charge is 0.299 e. The van der Waals surface area contributed by atoms with Gasteiger partial charge in [-0.2, -0.15) is 0 Å². The van der Waals surface area contributed by atoms with E-state index in [2.05, 4.69) is 26.5 Å². The number of carbonyl (C=O) groups is 3. The van der Waals surface area contributed by atoms with Crippen LogP contribution in [0.4, 0.5) is 0 Å². The topological polar surface area (TPSA) is 51.2 Å². The van der Waals surface area contributed by atoms with Gasteiger partial charge in [0.2, 0.25) is 0 Å². The van der Waals surface area contributed by atoms with Crippen molar-refractivity contribution in [2.24, 2.45) is 0 Å². The molecule has 4 rings (SSSR count). The highest BCUT2D eigenvalue weighted by atomic mass is 16.1. The lowest BCUT2D eigenvalue weighted by molar-refractivity contribution is -0.119. The average Bonchev–Trinajstić information content (AvgIpc) is 2.77. The second-order valence-corrected chi connectivity index (χ2v) is 9.22. The van der Waals surface area contributed by atoms with Crippen molar-refractivity contribution >= 4 is 22.9 Å². The number of rotatable bonds is 6. The summed E-state index contributed by atoms with van der Waals surface area (Å²) >= 11 is 0. The van der Waals surface area contributed by atoms with Gasteiger partial charge in [0.05, 0.1) is 0 Å². The lowest BCUT2D eigenvalue weighted by Gasteiger charge is -2.25. The summed E-state index contributed by atoms with van der Waals surface area (Å²) in [6, 6.07) is 20.2. The van der Waals surface area contributed by atoms with E-state index in [1.54, 1.807) is 42.5 Å². The fourth-order valence-corrected chi connectivity index (χ4v) is 4.35. The Morgan fingerprint density at radius 3 is 2.09 bits per heavy atom. The molecule has 1 aliphatic rings. The lowest BCUT2D eigenvalue weighted by atomic mass is 9.78. The van der Waals surface area contributed by atoms with Gasteiger partial charge in [-0.05, 0) is 35.1 Å². The number of allylic oxidation sites excluding steroid dienone is 1. The molecule has 32 heavy (non-hydrogen) atoms. The minimum atomic E-state index is -0.332. The number of carbonyl (C=O) groups excluding carboxylic acids is 3. The van der Waals surface area contributed by atoms with E-state index in [0.29, 0.717) is 28.7 Å². The molecule has 160 valence electrons. The van der Waals surface area contributed by atoms with Gasteiger partial charge in [-0.15, -0.1) is 0 Å². The van der Waals surface area contributed by atoms with Gasteiger partial charge in [-0.25, -0.2) is 0 Å². The number of Topliss-reactive ketones (excluding diaryl/α,β-unsaturated/α-hetero) is 1. The normalized spacial score (nSPS) is 12.8. The first kappa shape index (κ1) is 21.6. The van der Waals surface area contributed by atoms with Crippen molar-refractivity contribution in [3.05, 3.63) is 112 Å². The molecule has 0 radical (unpaired) electrons. The zero-order valence-electron chi connectivity index (χ0n) is 18.7. The highest BCUT2D eigenvalue weighted by Crippen LogP contribution is 2.31. The highest BCUT2D eigenvalue weighted by molar-refractivity contribution is 6.28. The fourth-order valence-electron chi connectivity index (χ4n) is 4.35. The van der Waals surface area contributed by atoms with Gasteiger partial charge >= 0.3 is 0 Å². The Morgan fingerprint density at radius 2 is 1.44 bits per heavy atom. The molecule has 0 amide bonds. The molecule has 0 aromatic heterocycles. The van der Waals surface area contributed by atoms with Crippen LogP contribution in [0.2, 0.25) is 0 Å². The van der Waals surface area contributed by atoms with Crippen molar-refractivity contribution < 1.29 is 14.4 Å². The van der Waals surface area contributed by atoms with Gasteiger partial charge in [0.1, 0.15) is 5.78 Å². The summed E-state index contributed by atoms with van der Waals surface area (Å²) < 4.78 is 0. The Morgan fingerprint density at radius 1 is 0.812 bits per heavy atom. The molecular formula is C29H26O3. The molecule has 3 nitrogen and oxygen atoms in total. The molecule has 3 heteroatoms. The standard InChI is InChI=1S/C29H26O3/c1-18(2)20-8-7-9-21(16-20)29(3,4)17-22(30)14-19-12-13-25-26(15-19)28(32)24-11-6-5-10-23(24)27(25)31/h5-13,15-16H,1,14,17H2,2-4H3. The van der Waals surface area contributed by atoms with Crippen molar-refractivity contribution in [2.45, 2.75) is 39.0 Å². The first-order valence-electron chi connectivity index (χ1n) is 10.8. The molecular weight excluding hydrogens is 396 g/mol. The first-order chi connectivity index (χ1) is 15.2. The SMILES string of the molecule is C=C(C)c1cccc(C(C)(C)CC(=O)Cc2ccc3c(c2)C(=O)c2ccccc2C3=O)c1. The Labute approximate surface area is 188 Å². The van der Waals surface area contributed by atoms with Crippen molar-refractivity contribution in [3.8, 4) is 0 Å². The first-order valence-corrected chi connectivity index (χ1v) is 10.8. The monoisotopic (exact) mass is 422 g/mol. The van der Waals surface area contributed by atoms with Crippen LogP contribution < -0.4 is 0 Å². The molecule has 0 saturated carbocycles. The van der Waals surface area contributed by atoms with Gasteiger partial charge in [-0.3, -0.25) is 14.4 Å². The van der Waals surface area contributed by atoms with E-state index in [-0.39, 0.29) is 29.2 Å². The van der Waals surface area contributed by atoms with Crippen LogP contribution in [0.25, 0.3) is 5.57 Å². The van der Waals surface area contributed by atoms with E-state index in [1.807, 2.05) is 25.1 Å². The molecule has 0 heterocycles. The second-order valence-electron chi connectivity index (χ2n) is 9.22. The highest BCUT2D eigenvalue weighted by Gasteiger charge is 2.30. The summed E-state index contributed by atoms with van der Waals surface area (Å²) in [5.74, 6) is -0.223. The molecule has 0 atom stereocenters. The minimum absolute atomic E-state index is 0.0886. The third-order valence-corrected chi connectivity index (χ3v) is 6.17. The molecule has 0 spiro atoms. The van der Waals surface area contributed by atoms with E-state index >= 15 is 0 Å². The molecule has 0 unspecified atom stereocenters. The quantitative estimate of drug-likeness (QED) is 0.384.